The molecule has 14 nitrogen and oxygen atoms in total. The zero-order valence-electron chi connectivity index (χ0n) is 28.6. The highest BCUT2D eigenvalue weighted by Gasteiger charge is 2.42. The number of aromatic nitrogens is 2. The first kappa shape index (κ1) is 35.1. The van der Waals surface area contributed by atoms with Gasteiger partial charge < -0.3 is 35.0 Å². The maximum Gasteiger partial charge on any atom is 0.276 e. The van der Waals surface area contributed by atoms with E-state index in [4.69, 9.17) is 8.83 Å². The highest BCUT2D eigenvalue weighted by molar-refractivity contribution is 5.97. The molecule has 4 aromatic rings. The van der Waals surface area contributed by atoms with Gasteiger partial charge in [0.15, 0.2) is 11.4 Å². The van der Waals surface area contributed by atoms with Crippen molar-refractivity contribution in [1.82, 2.24) is 36.1 Å². The summed E-state index contributed by atoms with van der Waals surface area (Å²) in [5.41, 5.74) is 1.56. The molecule has 6 rings (SSSR count). The average Bonchev–Trinajstić information content (AvgIpc) is 3.88. The minimum Gasteiger partial charge on any atom is -0.446 e. The van der Waals surface area contributed by atoms with Gasteiger partial charge in [-0.05, 0) is 36.8 Å². The third-order valence-corrected chi connectivity index (χ3v) is 8.89. The highest BCUT2D eigenvalue weighted by atomic mass is 16.3. The van der Waals surface area contributed by atoms with Gasteiger partial charge in [-0.1, -0.05) is 74.5 Å². The normalized spacial score (nSPS) is 22.7. The van der Waals surface area contributed by atoms with Crippen LogP contribution in [0.1, 0.15) is 89.6 Å². The minimum absolute atomic E-state index is 0.0372. The van der Waals surface area contributed by atoms with Gasteiger partial charge in [0.2, 0.25) is 29.5 Å². The van der Waals surface area contributed by atoms with Crippen LogP contribution in [0.25, 0.3) is 0 Å². The lowest BCUT2D eigenvalue weighted by Gasteiger charge is -2.25. The number of nitrogens with zero attached hydrogens (tertiary/aromatic N) is 3. The summed E-state index contributed by atoms with van der Waals surface area (Å²) in [6, 6.07) is 14.6. The predicted molar refractivity (Wildman–Crippen MR) is 183 cm³/mol. The van der Waals surface area contributed by atoms with E-state index in [1.807, 2.05) is 74.5 Å². The van der Waals surface area contributed by atoms with Gasteiger partial charge in [0.1, 0.15) is 36.7 Å². The Hall–Kier alpha value is -5.79. The lowest BCUT2D eigenvalue weighted by molar-refractivity contribution is -0.126. The van der Waals surface area contributed by atoms with E-state index >= 15 is 0 Å². The second-order valence-corrected chi connectivity index (χ2v) is 13.4. The van der Waals surface area contributed by atoms with E-state index in [9.17, 15) is 24.0 Å². The molecule has 4 heterocycles. The van der Waals surface area contributed by atoms with Crippen LogP contribution in [0.3, 0.4) is 0 Å². The molecule has 14 heteroatoms. The molecule has 2 aromatic heterocycles. The second kappa shape index (κ2) is 15.4. The second-order valence-electron chi connectivity index (χ2n) is 13.4. The molecule has 0 aliphatic carbocycles. The zero-order valence-corrected chi connectivity index (χ0v) is 28.6. The molecule has 266 valence electrons. The lowest BCUT2D eigenvalue weighted by atomic mass is 10.0. The molecule has 4 N–H and O–H groups in total. The molecule has 1 fully saturated rings. The summed E-state index contributed by atoms with van der Waals surface area (Å²) in [5.74, 6) is -2.22. The number of carbonyl (C=O) groups excluding carboxylic acids is 5. The van der Waals surface area contributed by atoms with E-state index in [1.54, 1.807) is 6.92 Å². The van der Waals surface area contributed by atoms with Crippen LogP contribution in [-0.2, 0) is 27.2 Å². The fourth-order valence-corrected chi connectivity index (χ4v) is 6.39. The molecule has 0 radical (unpaired) electrons. The van der Waals surface area contributed by atoms with Gasteiger partial charge in [0, 0.05) is 19.0 Å². The van der Waals surface area contributed by atoms with E-state index in [0.717, 1.165) is 11.1 Å². The van der Waals surface area contributed by atoms with Crippen molar-refractivity contribution >= 4 is 29.5 Å². The first-order valence-electron chi connectivity index (χ1n) is 17.0. The maximum absolute atomic E-state index is 14.2. The summed E-state index contributed by atoms with van der Waals surface area (Å²) in [4.78, 5) is 78.2. The van der Waals surface area contributed by atoms with Crippen LogP contribution in [0, 0.1) is 5.92 Å². The summed E-state index contributed by atoms with van der Waals surface area (Å²) >= 11 is 0. The number of fused-ring (bicyclic) bond motifs is 5. The van der Waals surface area contributed by atoms with Gasteiger partial charge in [-0.3, -0.25) is 24.0 Å². The number of amides is 5. The molecule has 0 spiro atoms. The smallest absolute Gasteiger partial charge is 0.276 e. The van der Waals surface area contributed by atoms with Crippen LogP contribution in [0.5, 0.6) is 0 Å². The highest BCUT2D eigenvalue weighted by Crippen LogP contribution is 2.25. The molecule has 0 saturated carbocycles. The number of benzene rings is 2. The third-order valence-electron chi connectivity index (χ3n) is 8.89. The van der Waals surface area contributed by atoms with Gasteiger partial charge in [-0.2, -0.15) is 0 Å². The van der Waals surface area contributed by atoms with E-state index < -0.39 is 53.8 Å². The Kier molecular flexibility index (Phi) is 10.6. The van der Waals surface area contributed by atoms with Crippen LogP contribution in [0.15, 0.2) is 82.0 Å². The zero-order chi connectivity index (χ0) is 36.1. The molecule has 5 amide bonds. The van der Waals surface area contributed by atoms with Gasteiger partial charge in [-0.25, -0.2) is 9.97 Å². The number of hydrogen-bond donors (Lipinski definition) is 4. The first-order chi connectivity index (χ1) is 24.5. The molecule has 51 heavy (non-hydrogen) atoms. The third kappa shape index (κ3) is 8.51. The molecule has 2 aromatic carbocycles. The molecule has 1 saturated heterocycles. The van der Waals surface area contributed by atoms with Crippen molar-refractivity contribution in [2.24, 2.45) is 5.92 Å². The van der Waals surface area contributed by atoms with Crippen molar-refractivity contribution in [3.8, 4) is 0 Å². The van der Waals surface area contributed by atoms with Crippen molar-refractivity contribution in [2.45, 2.75) is 76.7 Å². The molecular weight excluding hydrogens is 654 g/mol. The standard InChI is InChI=1S/C37H41N7O7/c1-21(2)14-26-32(46)38-22(3)35-43-29(20-50-35)37(49)44-18-25(39-31(45)16-24-12-8-5-9-13-24)17-30(44)34(48)41-27(15-23-10-6-4-7-11-23)36-42-28(19-51-36)33(47)40-26/h4-13,19-22,25-27,30H,14-18H2,1-3H3,(H,38,46)(H,39,45)(H,40,47)(H,41,48)/t22-,25+,26-,27+,30+/m1/s1. The SMILES string of the molecule is CC(C)C[C@H]1NC(=O)c2coc(n2)[C@H](Cc2ccccc2)NC(=O)[C@@H]2C[C@H](NC(=O)Cc3ccccc3)CN2C(=O)c2coc(n2)[C@@H](C)NC1=O. The van der Waals surface area contributed by atoms with E-state index in [-0.39, 0.29) is 60.8 Å². The first-order valence-corrected chi connectivity index (χ1v) is 17.0. The van der Waals surface area contributed by atoms with E-state index in [1.165, 1.54) is 17.4 Å². The average molecular weight is 696 g/mol. The number of nitrogens with one attached hydrogen (secondary N) is 4. The van der Waals surface area contributed by atoms with Crippen molar-refractivity contribution in [3.05, 3.63) is 107 Å². The van der Waals surface area contributed by atoms with Crippen LogP contribution in [-0.4, -0.2) is 69.1 Å². The summed E-state index contributed by atoms with van der Waals surface area (Å²) in [7, 11) is 0. The maximum atomic E-state index is 14.2. The summed E-state index contributed by atoms with van der Waals surface area (Å²) in [6.45, 7) is 5.54. The largest absolute Gasteiger partial charge is 0.446 e. The molecule has 4 bridgehead atoms. The monoisotopic (exact) mass is 695 g/mol. The van der Waals surface area contributed by atoms with Crippen LogP contribution in [0.4, 0.5) is 0 Å². The Labute approximate surface area is 294 Å². The Bertz CT molecular complexity index is 1870. The van der Waals surface area contributed by atoms with Gasteiger partial charge in [0.05, 0.1) is 6.42 Å². The molecule has 2 aliphatic heterocycles. The molecular formula is C37H41N7O7. The van der Waals surface area contributed by atoms with Crippen molar-refractivity contribution in [3.63, 3.8) is 0 Å². The summed E-state index contributed by atoms with van der Waals surface area (Å²) in [6.07, 6.45) is 3.23. The number of carbonyl (C=O) groups is 5. The Balaban J connectivity index is 1.33. The molecule has 2 aliphatic rings. The summed E-state index contributed by atoms with van der Waals surface area (Å²) < 4.78 is 11.4. The number of hydrogen-bond acceptors (Lipinski definition) is 9. The van der Waals surface area contributed by atoms with Gasteiger partial charge in [0.25, 0.3) is 11.8 Å². The Morgan fingerprint density at radius 2 is 1.49 bits per heavy atom. The molecule has 5 atom stereocenters. The fourth-order valence-electron chi connectivity index (χ4n) is 6.39. The topological polar surface area (TPSA) is 189 Å². The van der Waals surface area contributed by atoms with Crippen molar-refractivity contribution < 1.29 is 32.8 Å². The predicted octanol–water partition coefficient (Wildman–Crippen LogP) is 3.04. The fraction of sp³-hybridized carbons (Fsp3) is 0.378. The van der Waals surface area contributed by atoms with Crippen molar-refractivity contribution in [1.29, 1.82) is 0 Å². The number of rotatable bonds is 7. The quantitative estimate of drug-likeness (QED) is 0.225. The van der Waals surface area contributed by atoms with Crippen LogP contribution >= 0.6 is 0 Å². The van der Waals surface area contributed by atoms with Gasteiger partial charge >= 0.3 is 0 Å². The minimum atomic E-state index is -1.01. The van der Waals surface area contributed by atoms with E-state index in [2.05, 4.69) is 31.2 Å². The van der Waals surface area contributed by atoms with Gasteiger partial charge in [-0.15, -0.1) is 0 Å². The van der Waals surface area contributed by atoms with Crippen LogP contribution < -0.4 is 21.3 Å². The Morgan fingerprint density at radius 3 is 2.20 bits per heavy atom. The molecule has 0 unspecified atom stereocenters. The summed E-state index contributed by atoms with van der Waals surface area (Å²) in [5, 5.41) is 11.5. The van der Waals surface area contributed by atoms with Crippen molar-refractivity contribution in [2.75, 3.05) is 6.54 Å². The number of oxazole rings is 2. The Morgan fingerprint density at radius 1 is 0.843 bits per heavy atom. The van der Waals surface area contributed by atoms with Crippen LogP contribution in [0.2, 0.25) is 0 Å². The van der Waals surface area contributed by atoms with E-state index in [0.29, 0.717) is 6.42 Å². The lowest BCUT2D eigenvalue weighted by Crippen LogP contribution is -2.48.